The van der Waals surface area contributed by atoms with Gasteiger partial charge in [0.2, 0.25) is 0 Å². The maximum absolute atomic E-state index is 12.0. The van der Waals surface area contributed by atoms with Crippen molar-refractivity contribution in [2.24, 2.45) is 5.73 Å². The molecule has 2 heterocycles. The Morgan fingerprint density at radius 1 is 1.65 bits per heavy atom. The van der Waals surface area contributed by atoms with Crippen LogP contribution >= 0.6 is 23.6 Å². The number of nitrogens with zero attached hydrogens (tertiary/aromatic N) is 1. The first-order valence-electron chi connectivity index (χ1n) is 4.83. The molecule has 0 aliphatic heterocycles. The lowest BCUT2D eigenvalue weighted by Crippen LogP contribution is -2.34. The van der Waals surface area contributed by atoms with Gasteiger partial charge in [-0.15, -0.1) is 11.3 Å². The number of aromatic amines is 1. The van der Waals surface area contributed by atoms with Crippen molar-refractivity contribution >= 4 is 39.8 Å². The van der Waals surface area contributed by atoms with E-state index >= 15 is 0 Å². The van der Waals surface area contributed by atoms with E-state index < -0.39 is 6.03 Å². The van der Waals surface area contributed by atoms with Gasteiger partial charge in [0, 0.05) is 13.1 Å². The Balaban J connectivity index is 2.36. The van der Waals surface area contributed by atoms with Gasteiger partial charge in [-0.2, -0.15) is 0 Å². The molecule has 0 bridgehead atoms. The van der Waals surface area contributed by atoms with Crippen molar-refractivity contribution in [1.29, 1.82) is 0 Å². The fourth-order valence-corrected chi connectivity index (χ4v) is 2.59. The Morgan fingerprint density at radius 2 is 2.41 bits per heavy atom. The Morgan fingerprint density at radius 3 is 3.12 bits per heavy atom. The molecule has 2 aromatic heterocycles. The van der Waals surface area contributed by atoms with Crippen molar-refractivity contribution in [1.82, 2.24) is 14.9 Å². The number of aromatic nitrogens is 2. The summed E-state index contributed by atoms with van der Waals surface area (Å²) in [5, 5.41) is 4.83. The topological polar surface area (TPSA) is 92.9 Å². The first kappa shape index (κ1) is 11.8. The highest BCUT2D eigenvalue weighted by Crippen LogP contribution is 2.13. The van der Waals surface area contributed by atoms with Gasteiger partial charge in [-0.25, -0.2) is 4.79 Å². The van der Waals surface area contributed by atoms with Crippen LogP contribution in [0.3, 0.4) is 0 Å². The van der Waals surface area contributed by atoms with Gasteiger partial charge in [-0.3, -0.25) is 9.36 Å². The number of carbonyl (C=O) groups excluding carboxylic acids is 1. The molecule has 2 amide bonds. The summed E-state index contributed by atoms with van der Waals surface area (Å²) in [6.45, 7) is 0.561. The summed E-state index contributed by atoms with van der Waals surface area (Å²) >= 11 is 6.51. The average molecular weight is 270 g/mol. The van der Waals surface area contributed by atoms with Crippen molar-refractivity contribution in [3.63, 3.8) is 0 Å². The molecule has 0 fully saturated rings. The van der Waals surface area contributed by atoms with Gasteiger partial charge < -0.3 is 16.0 Å². The Kier molecular flexibility index (Phi) is 3.25. The Bertz CT molecular complexity index is 669. The van der Waals surface area contributed by atoms with Crippen LogP contribution in [0.25, 0.3) is 10.2 Å². The minimum absolute atomic E-state index is 0.156. The highest BCUT2D eigenvalue weighted by atomic mass is 32.1. The standard InChI is InChI=1S/C9H10N4O2S2/c10-8(15)11-2-3-13-7(14)5-1-4-17-6(5)12-9(13)16/h1,4H,2-3H2,(H,12,16)(H3,10,11,15). The van der Waals surface area contributed by atoms with Crippen LogP contribution in [0.2, 0.25) is 0 Å². The second kappa shape index (κ2) is 4.68. The van der Waals surface area contributed by atoms with Crippen molar-refractivity contribution in [2.75, 3.05) is 6.54 Å². The van der Waals surface area contributed by atoms with Gasteiger partial charge in [-0.05, 0) is 23.7 Å². The van der Waals surface area contributed by atoms with E-state index in [4.69, 9.17) is 18.0 Å². The molecule has 0 atom stereocenters. The second-order valence-corrected chi connectivity index (χ2v) is 4.64. The van der Waals surface area contributed by atoms with E-state index in [2.05, 4.69) is 10.3 Å². The summed E-state index contributed by atoms with van der Waals surface area (Å²) in [5.74, 6) is 0. The number of urea groups is 1. The SMILES string of the molecule is NC(=O)NCCn1c(=S)[nH]c2sccc2c1=O. The number of fused-ring (bicyclic) bond motifs is 1. The number of nitrogens with one attached hydrogen (secondary N) is 2. The molecular formula is C9H10N4O2S2. The zero-order valence-electron chi connectivity index (χ0n) is 8.73. The molecule has 2 aromatic rings. The summed E-state index contributed by atoms with van der Waals surface area (Å²) in [6.07, 6.45) is 0. The lowest BCUT2D eigenvalue weighted by Gasteiger charge is -2.06. The van der Waals surface area contributed by atoms with Crippen LogP contribution in [-0.2, 0) is 6.54 Å². The molecule has 0 aliphatic carbocycles. The fourth-order valence-electron chi connectivity index (χ4n) is 1.47. The number of amides is 2. The van der Waals surface area contributed by atoms with Gasteiger partial charge in [0.15, 0.2) is 4.77 Å². The maximum Gasteiger partial charge on any atom is 0.312 e. The number of nitrogens with two attached hydrogens (primary N) is 1. The summed E-state index contributed by atoms with van der Waals surface area (Å²) < 4.78 is 1.75. The molecule has 0 spiro atoms. The zero-order valence-corrected chi connectivity index (χ0v) is 10.4. The average Bonchev–Trinajstić information content (AvgIpc) is 2.70. The smallest absolute Gasteiger partial charge is 0.312 e. The Labute approximate surface area is 105 Å². The van der Waals surface area contributed by atoms with Gasteiger partial charge in [-0.1, -0.05) is 0 Å². The first-order valence-corrected chi connectivity index (χ1v) is 6.12. The molecule has 8 heteroatoms. The molecule has 6 nitrogen and oxygen atoms in total. The molecule has 2 rings (SSSR count). The van der Waals surface area contributed by atoms with E-state index in [0.29, 0.717) is 16.7 Å². The van der Waals surface area contributed by atoms with Crippen LogP contribution < -0.4 is 16.6 Å². The summed E-state index contributed by atoms with van der Waals surface area (Å²) in [6, 6.07) is 1.12. The molecule has 90 valence electrons. The normalized spacial score (nSPS) is 10.6. The van der Waals surface area contributed by atoms with E-state index in [1.165, 1.54) is 15.9 Å². The van der Waals surface area contributed by atoms with Crippen LogP contribution in [0.1, 0.15) is 0 Å². The number of hydrogen-bond acceptors (Lipinski definition) is 4. The lowest BCUT2D eigenvalue weighted by atomic mass is 10.4. The van der Waals surface area contributed by atoms with E-state index in [1.54, 1.807) is 6.07 Å². The predicted octanol–water partition coefficient (Wildman–Crippen LogP) is 0.789. The van der Waals surface area contributed by atoms with Gasteiger partial charge in [0.1, 0.15) is 4.83 Å². The molecule has 0 saturated carbocycles. The molecule has 4 N–H and O–H groups in total. The fraction of sp³-hybridized carbons (Fsp3) is 0.222. The molecule has 0 aromatic carbocycles. The monoisotopic (exact) mass is 270 g/mol. The number of thiophene rings is 1. The zero-order chi connectivity index (χ0) is 12.4. The number of hydrogen-bond donors (Lipinski definition) is 3. The molecular weight excluding hydrogens is 260 g/mol. The third-order valence-electron chi connectivity index (χ3n) is 2.24. The largest absolute Gasteiger partial charge is 0.352 e. The third kappa shape index (κ3) is 2.37. The molecule has 0 unspecified atom stereocenters. The van der Waals surface area contributed by atoms with Crippen LogP contribution in [0.15, 0.2) is 16.2 Å². The second-order valence-electron chi connectivity index (χ2n) is 3.34. The quantitative estimate of drug-likeness (QED) is 0.720. The highest BCUT2D eigenvalue weighted by molar-refractivity contribution is 7.71. The maximum atomic E-state index is 12.0. The third-order valence-corrected chi connectivity index (χ3v) is 3.39. The van der Waals surface area contributed by atoms with E-state index in [0.717, 1.165) is 4.83 Å². The van der Waals surface area contributed by atoms with Crippen LogP contribution in [0, 0.1) is 4.77 Å². The highest BCUT2D eigenvalue weighted by Gasteiger charge is 2.06. The minimum Gasteiger partial charge on any atom is -0.352 e. The van der Waals surface area contributed by atoms with Gasteiger partial charge in [0.25, 0.3) is 5.56 Å². The van der Waals surface area contributed by atoms with Crippen molar-refractivity contribution in [3.8, 4) is 0 Å². The first-order chi connectivity index (χ1) is 8.09. The van der Waals surface area contributed by atoms with Gasteiger partial charge >= 0.3 is 6.03 Å². The summed E-state index contributed by atoms with van der Waals surface area (Å²) in [4.78, 5) is 26.3. The predicted molar refractivity (Wildman–Crippen MR) is 68.9 cm³/mol. The molecule has 0 saturated heterocycles. The minimum atomic E-state index is -0.621. The number of H-pyrrole nitrogens is 1. The van der Waals surface area contributed by atoms with Crippen LogP contribution in [0.5, 0.6) is 0 Å². The number of rotatable bonds is 3. The van der Waals surface area contributed by atoms with E-state index in [-0.39, 0.29) is 12.1 Å². The van der Waals surface area contributed by atoms with Crippen LogP contribution in [0.4, 0.5) is 4.79 Å². The molecule has 0 aliphatic rings. The molecule has 17 heavy (non-hydrogen) atoms. The lowest BCUT2D eigenvalue weighted by molar-refractivity contribution is 0.248. The number of primary amides is 1. The summed E-state index contributed by atoms with van der Waals surface area (Å²) in [7, 11) is 0. The van der Waals surface area contributed by atoms with Gasteiger partial charge in [0.05, 0.1) is 5.39 Å². The van der Waals surface area contributed by atoms with Crippen LogP contribution in [-0.4, -0.2) is 22.1 Å². The number of carbonyl (C=O) groups is 1. The van der Waals surface area contributed by atoms with Crippen molar-refractivity contribution in [3.05, 3.63) is 26.6 Å². The molecule has 0 radical (unpaired) electrons. The van der Waals surface area contributed by atoms with Crippen molar-refractivity contribution < 1.29 is 4.79 Å². The Hall–Kier alpha value is -1.67. The van der Waals surface area contributed by atoms with Crippen molar-refractivity contribution in [2.45, 2.75) is 6.54 Å². The summed E-state index contributed by atoms with van der Waals surface area (Å²) in [5.41, 5.74) is 4.78. The van der Waals surface area contributed by atoms with E-state index in [9.17, 15) is 9.59 Å². The van der Waals surface area contributed by atoms with E-state index in [1.807, 2.05) is 5.38 Å².